The molecule has 3 aromatic carbocycles. The van der Waals surface area contributed by atoms with Gasteiger partial charge in [-0.15, -0.1) is 0 Å². The lowest BCUT2D eigenvalue weighted by atomic mass is 9.82. The average Bonchev–Trinajstić information content (AvgIpc) is 3.09. The van der Waals surface area contributed by atoms with E-state index < -0.39 is 0 Å². The first kappa shape index (κ1) is 34.6. The standard InChI is InChI=1S/C48H51N3/c1-46(2,3)34-25-19-31(20-26-34)43-37-13-10-15-39(49-37)44(32-21-27-35(28-22-32)47(4,5)6)41-17-12-18-42(51-41)45(40-16-11-14-38(43)50-40)33-23-29-36(30-24-33)48(7,8)9/h10-30,43-45H,1-9H3. The van der Waals surface area contributed by atoms with Crippen LogP contribution in [-0.4, -0.2) is 15.0 Å². The molecule has 3 aromatic heterocycles. The van der Waals surface area contributed by atoms with Gasteiger partial charge >= 0.3 is 0 Å². The Morgan fingerprint density at radius 1 is 0.294 bits per heavy atom. The third-order valence-corrected chi connectivity index (χ3v) is 10.5. The summed E-state index contributed by atoms with van der Waals surface area (Å²) < 4.78 is 0. The smallest absolute Gasteiger partial charge is 0.0686 e. The van der Waals surface area contributed by atoms with E-state index >= 15 is 0 Å². The molecule has 0 amide bonds. The van der Waals surface area contributed by atoms with Crippen LogP contribution in [0.4, 0.5) is 0 Å². The van der Waals surface area contributed by atoms with E-state index in [4.69, 9.17) is 15.0 Å². The maximum Gasteiger partial charge on any atom is 0.0686 e. The fraction of sp³-hybridized carbons (Fsp3) is 0.312. The Balaban J connectivity index is 1.48. The van der Waals surface area contributed by atoms with Gasteiger partial charge in [-0.1, -0.05) is 153 Å². The first-order valence-corrected chi connectivity index (χ1v) is 18.4. The molecule has 6 aromatic rings. The third-order valence-electron chi connectivity index (χ3n) is 10.5. The minimum Gasteiger partial charge on any atom is -0.256 e. The van der Waals surface area contributed by atoms with Gasteiger partial charge in [0.2, 0.25) is 0 Å². The summed E-state index contributed by atoms with van der Waals surface area (Å²) >= 11 is 0. The van der Waals surface area contributed by atoms with Crippen LogP contribution in [0, 0.1) is 0 Å². The monoisotopic (exact) mass is 669 g/mol. The van der Waals surface area contributed by atoms with Crippen molar-refractivity contribution in [2.75, 3.05) is 0 Å². The number of fused-ring (bicyclic) bond motifs is 6. The van der Waals surface area contributed by atoms with Crippen molar-refractivity contribution in [3.8, 4) is 0 Å². The molecule has 258 valence electrons. The molecule has 3 heteroatoms. The molecule has 1 aliphatic heterocycles. The van der Waals surface area contributed by atoms with Crippen LogP contribution < -0.4 is 0 Å². The molecule has 0 radical (unpaired) electrons. The first-order chi connectivity index (χ1) is 24.2. The summed E-state index contributed by atoms with van der Waals surface area (Å²) in [6, 6.07) is 46.7. The predicted octanol–water partition coefficient (Wildman–Crippen LogP) is 11.6. The van der Waals surface area contributed by atoms with Gasteiger partial charge in [-0.2, -0.15) is 0 Å². The molecule has 51 heavy (non-hydrogen) atoms. The van der Waals surface area contributed by atoms with Crippen molar-refractivity contribution >= 4 is 0 Å². The molecule has 0 fully saturated rings. The van der Waals surface area contributed by atoms with Crippen LogP contribution in [0.2, 0.25) is 0 Å². The third kappa shape index (κ3) is 7.04. The lowest BCUT2D eigenvalue weighted by molar-refractivity contribution is 0.589. The molecular weight excluding hydrogens is 619 g/mol. The summed E-state index contributed by atoms with van der Waals surface area (Å²) in [6.45, 7) is 20.4. The lowest BCUT2D eigenvalue weighted by Gasteiger charge is -2.26. The molecule has 6 bridgehead atoms. The minimum absolute atomic E-state index is 0.0621. The molecule has 0 saturated carbocycles. The van der Waals surface area contributed by atoms with Crippen LogP contribution in [0.3, 0.4) is 0 Å². The van der Waals surface area contributed by atoms with Gasteiger partial charge in [-0.3, -0.25) is 15.0 Å². The molecule has 1 aliphatic rings. The summed E-state index contributed by atoms with van der Waals surface area (Å²) in [5, 5.41) is 0. The van der Waals surface area contributed by atoms with Gasteiger partial charge in [-0.05, 0) is 86.0 Å². The largest absolute Gasteiger partial charge is 0.256 e. The second-order valence-electron chi connectivity index (χ2n) is 17.4. The number of pyridine rings is 3. The lowest BCUT2D eigenvalue weighted by Crippen LogP contribution is -2.18. The van der Waals surface area contributed by atoms with Crippen LogP contribution in [0.1, 0.15) is 148 Å². The fourth-order valence-electron chi connectivity index (χ4n) is 7.38. The van der Waals surface area contributed by atoms with E-state index in [2.05, 4.69) is 190 Å². The molecule has 4 heterocycles. The van der Waals surface area contributed by atoms with Gasteiger partial charge in [0.05, 0.1) is 51.9 Å². The topological polar surface area (TPSA) is 38.7 Å². The first-order valence-electron chi connectivity index (χ1n) is 18.4. The van der Waals surface area contributed by atoms with Gasteiger partial charge in [0.1, 0.15) is 0 Å². The highest BCUT2D eigenvalue weighted by Gasteiger charge is 2.29. The molecule has 0 spiro atoms. The highest BCUT2D eigenvalue weighted by atomic mass is 14.8. The zero-order chi connectivity index (χ0) is 36.1. The molecule has 0 atom stereocenters. The van der Waals surface area contributed by atoms with Crippen LogP contribution in [0.25, 0.3) is 0 Å². The van der Waals surface area contributed by atoms with E-state index in [1.807, 2.05) is 0 Å². The highest BCUT2D eigenvalue weighted by molar-refractivity contribution is 5.47. The average molecular weight is 670 g/mol. The Bertz CT molecular complexity index is 1830. The van der Waals surface area contributed by atoms with E-state index in [9.17, 15) is 0 Å². The number of nitrogens with zero attached hydrogens (tertiary/aromatic N) is 3. The Morgan fingerprint density at radius 2 is 0.490 bits per heavy atom. The van der Waals surface area contributed by atoms with E-state index in [1.54, 1.807) is 0 Å². The number of rotatable bonds is 3. The second kappa shape index (κ2) is 13.0. The van der Waals surface area contributed by atoms with Crippen LogP contribution in [0.15, 0.2) is 127 Å². The minimum atomic E-state index is -0.141. The molecule has 0 saturated heterocycles. The Labute approximate surface area is 305 Å². The second-order valence-corrected chi connectivity index (χ2v) is 17.4. The van der Waals surface area contributed by atoms with Crippen molar-refractivity contribution in [3.05, 3.63) is 195 Å². The zero-order valence-electron chi connectivity index (χ0n) is 31.7. The van der Waals surface area contributed by atoms with Crippen molar-refractivity contribution in [3.63, 3.8) is 0 Å². The van der Waals surface area contributed by atoms with Gasteiger partial charge in [0.25, 0.3) is 0 Å². The molecule has 0 aliphatic carbocycles. The number of aromatic nitrogens is 3. The summed E-state index contributed by atoms with van der Waals surface area (Å²) in [4.78, 5) is 16.5. The quantitative estimate of drug-likeness (QED) is 0.188. The SMILES string of the molecule is CC(C)(C)c1ccc(C2c3cccc(n3)C(c3ccc(C(C)(C)C)cc3)c3cccc(n3)C(c3ccc(C(C)(C)C)cc3)c3cccc2n3)cc1. The molecule has 0 N–H and O–H groups in total. The van der Waals surface area contributed by atoms with Crippen molar-refractivity contribution in [2.45, 2.75) is 96.3 Å². The maximum atomic E-state index is 5.50. The normalized spacial score (nSPS) is 17.7. The van der Waals surface area contributed by atoms with Crippen LogP contribution in [-0.2, 0) is 16.2 Å². The summed E-state index contributed by atoms with van der Waals surface area (Å²) in [5.74, 6) is -0.424. The fourth-order valence-corrected chi connectivity index (χ4v) is 7.38. The Kier molecular flexibility index (Phi) is 8.82. The Morgan fingerprint density at radius 3 is 0.667 bits per heavy atom. The predicted molar refractivity (Wildman–Crippen MR) is 211 cm³/mol. The molecule has 0 unspecified atom stereocenters. The summed E-state index contributed by atoms with van der Waals surface area (Å²) in [7, 11) is 0. The van der Waals surface area contributed by atoms with E-state index in [0.29, 0.717) is 0 Å². The van der Waals surface area contributed by atoms with Gasteiger partial charge in [0, 0.05) is 0 Å². The maximum absolute atomic E-state index is 5.50. The summed E-state index contributed by atoms with van der Waals surface area (Å²) in [6.07, 6.45) is 0. The molecular formula is C48H51N3. The van der Waals surface area contributed by atoms with Crippen molar-refractivity contribution in [1.29, 1.82) is 0 Å². The number of benzene rings is 3. The van der Waals surface area contributed by atoms with E-state index in [-0.39, 0.29) is 34.0 Å². The zero-order valence-corrected chi connectivity index (χ0v) is 31.7. The van der Waals surface area contributed by atoms with E-state index in [0.717, 1.165) is 34.2 Å². The van der Waals surface area contributed by atoms with Gasteiger partial charge < -0.3 is 0 Å². The highest BCUT2D eigenvalue weighted by Crippen LogP contribution is 2.39. The molecule has 7 rings (SSSR count). The van der Waals surface area contributed by atoms with E-state index in [1.165, 1.54) is 33.4 Å². The van der Waals surface area contributed by atoms with Crippen LogP contribution >= 0.6 is 0 Å². The van der Waals surface area contributed by atoms with Gasteiger partial charge in [-0.25, -0.2) is 0 Å². The van der Waals surface area contributed by atoms with Gasteiger partial charge in [0.15, 0.2) is 0 Å². The van der Waals surface area contributed by atoms with Crippen molar-refractivity contribution in [1.82, 2.24) is 15.0 Å². The number of hydrogen-bond acceptors (Lipinski definition) is 3. The molecule has 3 nitrogen and oxygen atoms in total. The summed E-state index contributed by atoms with van der Waals surface area (Å²) in [5.41, 5.74) is 13.6. The van der Waals surface area contributed by atoms with Crippen molar-refractivity contribution < 1.29 is 0 Å². The van der Waals surface area contributed by atoms with Crippen molar-refractivity contribution in [2.24, 2.45) is 0 Å². The number of hydrogen-bond donors (Lipinski definition) is 0. The Hall–Kier alpha value is -4.89. The van der Waals surface area contributed by atoms with Crippen LogP contribution in [0.5, 0.6) is 0 Å².